The van der Waals surface area contributed by atoms with Crippen LogP contribution in [0, 0.1) is 5.92 Å². The zero-order valence-corrected chi connectivity index (χ0v) is 13.4. The summed E-state index contributed by atoms with van der Waals surface area (Å²) in [6.45, 7) is 1.50. The summed E-state index contributed by atoms with van der Waals surface area (Å²) in [6.07, 6.45) is 6.87. The SMILES string of the molecule is NSc1cc(NC(=O)C2CCCN(c3ncccn3)C2)ccn1. The number of aromatic nitrogens is 3. The third-order valence-electron chi connectivity index (χ3n) is 3.75. The Morgan fingerprint density at radius 2 is 2.13 bits per heavy atom. The van der Waals surface area contributed by atoms with Crippen LogP contribution < -0.4 is 15.4 Å². The standard InChI is InChI=1S/C15H18N6OS/c16-23-13-9-12(4-7-17-13)20-14(22)11-3-1-8-21(10-11)15-18-5-2-6-19-15/h2,4-7,9,11H,1,3,8,10,16H2,(H,17,20,22). The van der Waals surface area contributed by atoms with Gasteiger partial charge in [0.25, 0.3) is 0 Å². The van der Waals surface area contributed by atoms with Crippen LogP contribution in [0.5, 0.6) is 0 Å². The van der Waals surface area contributed by atoms with E-state index in [1.54, 1.807) is 36.8 Å². The molecule has 1 aliphatic heterocycles. The Balaban J connectivity index is 1.65. The summed E-state index contributed by atoms with van der Waals surface area (Å²) in [5, 5.41) is 9.11. The maximum Gasteiger partial charge on any atom is 0.229 e. The molecular weight excluding hydrogens is 312 g/mol. The Bertz CT molecular complexity index is 668. The van der Waals surface area contributed by atoms with Gasteiger partial charge in [-0.2, -0.15) is 0 Å². The quantitative estimate of drug-likeness (QED) is 0.823. The first-order valence-electron chi connectivity index (χ1n) is 7.42. The second-order valence-electron chi connectivity index (χ2n) is 5.32. The molecule has 3 heterocycles. The molecule has 0 aliphatic carbocycles. The van der Waals surface area contributed by atoms with Gasteiger partial charge in [0, 0.05) is 37.4 Å². The molecule has 0 spiro atoms. The van der Waals surface area contributed by atoms with E-state index in [0.717, 1.165) is 31.3 Å². The third kappa shape index (κ3) is 3.96. The number of piperidine rings is 1. The molecule has 8 heteroatoms. The molecule has 3 N–H and O–H groups in total. The van der Waals surface area contributed by atoms with Gasteiger partial charge in [0.2, 0.25) is 11.9 Å². The van der Waals surface area contributed by atoms with Gasteiger partial charge in [-0.15, -0.1) is 0 Å². The molecule has 2 aromatic rings. The molecule has 23 heavy (non-hydrogen) atoms. The predicted octanol–water partition coefficient (Wildman–Crippen LogP) is 1.69. The predicted molar refractivity (Wildman–Crippen MR) is 89.9 cm³/mol. The van der Waals surface area contributed by atoms with Crippen LogP contribution >= 0.6 is 11.9 Å². The van der Waals surface area contributed by atoms with E-state index in [1.807, 2.05) is 0 Å². The number of nitrogens with zero attached hydrogens (tertiary/aromatic N) is 4. The number of hydrogen-bond acceptors (Lipinski definition) is 7. The van der Waals surface area contributed by atoms with E-state index < -0.39 is 0 Å². The van der Waals surface area contributed by atoms with Crippen molar-refractivity contribution in [1.29, 1.82) is 0 Å². The van der Waals surface area contributed by atoms with Crippen molar-refractivity contribution in [2.24, 2.45) is 11.1 Å². The number of nitrogens with two attached hydrogens (primary N) is 1. The van der Waals surface area contributed by atoms with Crippen LogP contribution in [0.4, 0.5) is 11.6 Å². The number of hydrogen-bond donors (Lipinski definition) is 2. The first-order chi connectivity index (χ1) is 11.3. The molecule has 1 atom stereocenters. The van der Waals surface area contributed by atoms with Crippen LogP contribution in [0.15, 0.2) is 41.8 Å². The Morgan fingerprint density at radius 1 is 1.30 bits per heavy atom. The summed E-state index contributed by atoms with van der Waals surface area (Å²) in [7, 11) is 0. The largest absolute Gasteiger partial charge is 0.340 e. The highest BCUT2D eigenvalue weighted by Crippen LogP contribution is 2.22. The van der Waals surface area contributed by atoms with Gasteiger partial charge in [0.15, 0.2) is 0 Å². The lowest BCUT2D eigenvalue weighted by molar-refractivity contribution is -0.120. The van der Waals surface area contributed by atoms with Crippen molar-refractivity contribution in [2.75, 3.05) is 23.3 Å². The van der Waals surface area contributed by atoms with Crippen molar-refractivity contribution >= 4 is 29.5 Å². The molecule has 120 valence electrons. The third-order valence-corrected chi connectivity index (χ3v) is 4.22. The lowest BCUT2D eigenvalue weighted by Gasteiger charge is -2.31. The molecule has 1 fully saturated rings. The van der Waals surface area contributed by atoms with Crippen molar-refractivity contribution in [3.63, 3.8) is 0 Å². The number of rotatable bonds is 4. The fourth-order valence-electron chi connectivity index (χ4n) is 2.62. The molecule has 3 rings (SSSR count). The van der Waals surface area contributed by atoms with Crippen molar-refractivity contribution in [3.05, 3.63) is 36.8 Å². The van der Waals surface area contributed by atoms with E-state index in [2.05, 4.69) is 25.2 Å². The lowest BCUT2D eigenvalue weighted by atomic mass is 9.97. The monoisotopic (exact) mass is 330 g/mol. The zero-order chi connectivity index (χ0) is 16.1. The normalized spacial score (nSPS) is 17.8. The van der Waals surface area contributed by atoms with Crippen LogP contribution in [-0.4, -0.2) is 33.9 Å². The number of nitrogens with one attached hydrogen (secondary N) is 1. The van der Waals surface area contributed by atoms with Crippen molar-refractivity contribution in [3.8, 4) is 0 Å². The lowest BCUT2D eigenvalue weighted by Crippen LogP contribution is -2.41. The number of anilines is 2. The summed E-state index contributed by atoms with van der Waals surface area (Å²) in [4.78, 5) is 27.2. The van der Waals surface area contributed by atoms with Gasteiger partial charge in [-0.3, -0.25) is 9.93 Å². The highest BCUT2D eigenvalue weighted by atomic mass is 32.2. The van der Waals surface area contributed by atoms with Crippen LogP contribution in [0.25, 0.3) is 0 Å². The molecule has 0 bridgehead atoms. The summed E-state index contributed by atoms with van der Waals surface area (Å²) >= 11 is 1.06. The van der Waals surface area contributed by atoms with Gasteiger partial charge in [-0.05, 0) is 43.0 Å². The first-order valence-corrected chi connectivity index (χ1v) is 8.30. The minimum Gasteiger partial charge on any atom is -0.340 e. The highest BCUT2D eigenvalue weighted by molar-refractivity contribution is 7.97. The van der Waals surface area contributed by atoms with Crippen molar-refractivity contribution < 1.29 is 4.79 Å². The second-order valence-corrected chi connectivity index (χ2v) is 5.98. The van der Waals surface area contributed by atoms with Gasteiger partial charge >= 0.3 is 0 Å². The molecule has 1 unspecified atom stereocenters. The summed E-state index contributed by atoms with van der Waals surface area (Å²) in [5.74, 6) is 0.593. The fraction of sp³-hybridized carbons (Fsp3) is 0.333. The van der Waals surface area contributed by atoms with E-state index in [4.69, 9.17) is 5.14 Å². The van der Waals surface area contributed by atoms with Crippen LogP contribution in [-0.2, 0) is 4.79 Å². The van der Waals surface area contributed by atoms with Crippen LogP contribution in [0.3, 0.4) is 0 Å². The van der Waals surface area contributed by atoms with Gasteiger partial charge < -0.3 is 10.2 Å². The Labute approximate surface area is 138 Å². The van der Waals surface area contributed by atoms with Crippen molar-refractivity contribution in [1.82, 2.24) is 15.0 Å². The summed E-state index contributed by atoms with van der Waals surface area (Å²) < 4.78 is 0. The van der Waals surface area contributed by atoms with Crippen LogP contribution in [0.2, 0.25) is 0 Å². The molecule has 1 saturated heterocycles. The average Bonchev–Trinajstić information content (AvgIpc) is 2.63. The highest BCUT2D eigenvalue weighted by Gasteiger charge is 2.27. The molecule has 7 nitrogen and oxygen atoms in total. The molecule has 0 saturated carbocycles. The molecular formula is C15H18N6OS. The Morgan fingerprint density at radius 3 is 2.91 bits per heavy atom. The molecule has 1 amide bonds. The van der Waals surface area contributed by atoms with Crippen molar-refractivity contribution in [2.45, 2.75) is 17.9 Å². The molecule has 0 aromatic carbocycles. The van der Waals surface area contributed by atoms with Gasteiger partial charge in [-0.25, -0.2) is 15.0 Å². The number of carbonyl (C=O) groups excluding carboxylic acids is 1. The van der Waals surface area contributed by atoms with Gasteiger partial charge in [-0.1, -0.05) is 0 Å². The first kappa shape index (κ1) is 15.7. The van der Waals surface area contributed by atoms with Crippen LogP contribution in [0.1, 0.15) is 12.8 Å². The van der Waals surface area contributed by atoms with E-state index in [9.17, 15) is 4.79 Å². The molecule has 2 aromatic heterocycles. The smallest absolute Gasteiger partial charge is 0.229 e. The number of pyridine rings is 1. The van der Waals surface area contributed by atoms with E-state index >= 15 is 0 Å². The molecule has 1 aliphatic rings. The number of carbonyl (C=O) groups is 1. The minimum absolute atomic E-state index is 0.00445. The fourth-order valence-corrected chi connectivity index (χ4v) is 2.94. The Kier molecular flexibility index (Phi) is 5.04. The maximum atomic E-state index is 12.5. The number of amides is 1. The van der Waals surface area contributed by atoms with Gasteiger partial charge in [0.05, 0.1) is 5.92 Å². The summed E-state index contributed by atoms with van der Waals surface area (Å²) in [5.41, 5.74) is 0.714. The van der Waals surface area contributed by atoms with Gasteiger partial charge in [0.1, 0.15) is 5.03 Å². The zero-order valence-electron chi connectivity index (χ0n) is 12.6. The topological polar surface area (TPSA) is 97.0 Å². The van der Waals surface area contributed by atoms with E-state index in [1.165, 1.54) is 0 Å². The van der Waals surface area contributed by atoms with E-state index in [-0.39, 0.29) is 11.8 Å². The Hall–Kier alpha value is -2.19. The summed E-state index contributed by atoms with van der Waals surface area (Å²) in [6, 6.07) is 5.32. The average molecular weight is 330 g/mol. The van der Waals surface area contributed by atoms with E-state index in [0.29, 0.717) is 23.2 Å². The minimum atomic E-state index is -0.0882. The molecule has 0 radical (unpaired) electrons. The second kappa shape index (κ2) is 7.38. The maximum absolute atomic E-state index is 12.5.